The van der Waals surface area contributed by atoms with Crippen molar-refractivity contribution in [3.63, 3.8) is 0 Å². The number of carbonyl (C=O) groups excluding carboxylic acids is 1. The molecule has 2 aromatic rings. The number of anilines is 1. The van der Waals surface area contributed by atoms with Gasteiger partial charge in [0.2, 0.25) is 9.84 Å². The Labute approximate surface area is 162 Å². The Bertz CT molecular complexity index is 950. The van der Waals surface area contributed by atoms with E-state index in [4.69, 9.17) is 4.74 Å². The lowest BCUT2D eigenvalue weighted by molar-refractivity contribution is -0.139. The van der Waals surface area contributed by atoms with E-state index < -0.39 is 20.7 Å². The van der Waals surface area contributed by atoms with Gasteiger partial charge in [-0.15, -0.1) is 0 Å². The molecule has 8 heteroatoms. The standard InChI is InChI=1S/C19H18N2O4S2/c1-2-25-18(22)14-26-19(21-15-9-5-3-6-10-15)17(13-20)27(23,24)16-11-7-4-8-12-16/h3-12,21H,2,14H2,1H3/b19-17+. The average Bonchev–Trinajstić information content (AvgIpc) is 2.68. The summed E-state index contributed by atoms with van der Waals surface area (Å²) in [5.74, 6) is -0.623. The number of benzene rings is 2. The molecule has 6 nitrogen and oxygen atoms in total. The first-order valence-corrected chi connectivity index (χ1v) is 10.5. The molecule has 1 N–H and O–H groups in total. The van der Waals surface area contributed by atoms with Crippen LogP contribution in [0.15, 0.2) is 75.5 Å². The number of esters is 1. The summed E-state index contributed by atoms with van der Waals surface area (Å²) < 4.78 is 30.7. The van der Waals surface area contributed by atoms with Crippen LogP contribution >= 0.6 is 11.8 Å². The van der Waals surface area contributed by atoms with E-state index in [-0.39, 0.29) is 22.3 Å². The van der Waals surface area contributed by atoms with Crippen LogP contribution in [0.3, 0.4) is 0 Å². The smallest absolute Gasteiger partial charge is 0.316 e. The fourth-order valence-corrected chi connectivity index (χ4v) is 4.48. The number of nitrogens with zero attached hydrogens (tertiary/aromatic N) is 1. The molecule has 0 atom stereocenters. The van der Waals surface area contributed by atoms with Gasteiger partial charge in [-0.3, -0.25) is 4.79 Å². The summed E-state index contributed by atoms with van der Waals surface area (Å²) >= 11 is 0.911. The Hall–Kier alpha value is -2.76. The molecule has 0 saturated carbocycles. The third-order valence-electron chi connectivity index (χ3n) is 3.30. The number of hydrogen-bond acceptors (Lipinski definition) is 7. The largest absolute Gasteiger partial charge is 0.465 e. The zero-order valence-electron chi connectivity index (χ0n) is 14.6. The quantitative estimate of drug-likeness (QED) is 0.533. The van der Waals surface area contributed by atoms with Gasteiger partial charge in [0, 0.05) is 5.69 Å². The summed E-state index contributed by atoms with van der Waals surface area (Å²) in [4.78, 5) is 11.3. The minimum absolute atomic E-state index is 0.00523. The van der Waals surface area contributed by atoms with Gasteiger partial charge in [-0.1, -0.05) is 48.2 Å². The van der Waals surface area contributed by atoms with Crippen molar-refractivity contribution in [1.82, 2.24) is 0 Å². The lowest BCUT2D eigenvalue weighted by Gasteiger charge is -2.13. The van der Waals surface area contributed by atoms with Gasteiger partial charge in [0.25, 0.3) is 0 Å². The predicted molar refractivity (Wildman–Crippen MR) is 105 cm³/mol. The molecule has 0 aliphatic carbocycles. The number of para-hydroxylation sites is 1. The Morgan fingerprint density at radius 1 is 1.11 bits per heavy atom. The first kappa shape index (κ1) is 20.6. The van der Waals surface area contributed by atoms with Gasteiger partial charge >= 0.3 is 5.97 Å². The van der Waals surface area contributed by atoms with Crippen molar-refractivity contribution >= 4 is 33.3 Å². The van der Waals surface area contributed by atoms with Crippen molar-refractivity contribution < 1.29 is 17.9 Å². The van der Waals surface area contributed by atoms with E-state index in [1.165, 1.54) is 12.1 Å². The topological polar surface area (TPSA) is 96.3 Å². The fourth-order valence-electron chi connectivity index (χ4n) is 2.10. The minimum atomic E-state index is -4.05. The summed E-state index contributed by atoms with van der Waals surface area (Å²) in [5.41, 5.74) is 0.597. The fraction of sp³-hybridized carbons (Fsp3) is 0.158. The van der Waals surface area contributed by atoms with Crippen LogP contribution in [-0.2, 0) is 19.4 Å². The number of rotatable bonds is 8. The Morgan fingerprint density at radius 2 is 1.70 bits per heavy atom. The van der Waals surface area contributed by atoms with Crippen molar-refractivity contribution in [2.75, 3.05) is 17.7 Å². The molecule has 0 aromatic heterocycles. The molecule has 0 bridgehead atoms. The second kappa shape index (κ2) is 9.80. The van der Waals surface area contributed by atoms with Crippen LogP contribution in [0.4, 0.5) is 5.69 Å². The van der Waals surface area contributed by atoms with Crippen LogP contribution < -0.4 is 5.32 Å². The first-order valence-electron chi connectivity index (χ1n) is 8.04. The zero-order chi connectivity index (χ0) is 19.7. The highest BCUT2D eigenvalue weighted by Crippen LogP contribution is 2.29. The molecule has 0 aliphatic heterocycles. The average molecular weight is 402 g/mol. The van der Waals surface area contributed by atoms with Gasteiger partial charge in [-0.25, -0.2) is 8.42 Å². The van der Waals surface area contributed by atoms with Gasteiger partial charge in [0.1, 0.15) is 11.1 Å². The van der Waals surface area contributed by atoms with E-state index in [9.17, 15) is 18.5 Å². The normalized spacial score (nSPS) is 11.9. The van der Waals surface area contributed by atoms with Gasteiger partial charge in [-0.2, -0.15) is 5.26 Å². The maximum atomic E-state index is 12.9. The Morgan fingerprint density at radius 3 is 2.26 bits per heavy atom. The number of nitrogens with one attached hydrogen (secondary N) is 1. The molecule has 140 valence electrons. The van der Waals surface area contributed by atoms with E-state index in [0.29, 0.717) is 5.69 Å². The molecule has 2 aromatic carbocycles. The van der Waals surface area contributed by atoms with E-state index in [1.54, 1.807) is 55.5 Å². The molecule has 0 heterocycles. The van der Waals surface area contributed by atoms with Crippen molar-refractivity contribution in [3.05, 3.63) is 70.6 Å². The summed E-state index contributed by atoms with van der Waals surface area (Å²) in [6, 6.07) is 18.3. The maximum absolute atomic E-state index is 12.9. The van der Waals surface area contributed by atoms with E-state index >= 15 is 0 Å². The molecular formula is C19H18N2O4S2. The number of hydrogen-bond donors (Lipinski definition) is 1. The van der Waals surface area contributed by atoms with Crippen molar-refractivity contribution in [3.8, 4) is 6.07 Å². The van der Waals surface area contributed by atoms with Gasteiger partial charge in [0.15, 0.2) is 4.91 Å². The highest BCUT2D eigenvalue weighted by Gasteiger charge is 2.26. The van der Waals surface area contributed by atoms with Crippen LogP contribution in [0.25, 0.3) is 0 Å². The summed E-state index contributed by atoms with van der Waals surface area (Å²) in [6.45, 7) is 1.90. The predicted octanol–water partition coefficient (Wildman–Crippen LogP) is 3.56. The van der Waals surface area contributed by atoms with Gasteiger partial charge in [-0.05, 0) is 31.2 Å². The second-order valence-electron chi connectivity index (χ2n) is 5.17. The zero-order valence-corrected chi connectivity index (χ0v) is 16.2. The van der Waals surface area contributed by atoms with Crippen LogP contribution in [0.2, 0.25) is 0 Å². The lowest BCUT2D eigenvalue weighted by atomic mass is 10.3. The molecule has 2 rings (SSSR count). The van der Waals surface area contributed by atoms with E-state index in [1.807, 2.05) is 6.07 Å². The highest BCUT2D eigenvalue weighted by molar-refractivity contribution is 8.05. The summed E-state index contributed by atoms with van der Waals surface area (Å²) in [6.07, 6.45) is 0. The SMILES string of the molecule is CCOC(=O)CS/C(Nc1ccccc1)=C(\C#N)S(=O)(=O)c1ccccc1. The van der Waals surface area contributed by atoms with Crippen LogP contribution in [0.5, 0.6) is 0 Å². The number of sulfone groups is 1. The first-order chi connectivity index (χ1) is 13.0. The molecule has 0 fully saturated rings. The monoisotopic (exact) mass is 402 g/mol. The van der Waals surface area contributed by atoms with Gasteiger partial charge in [0.05, 0.1) is 17.3 Å². The molecule has 0 aliphatic rings. The van der Waals surface area contributed by atoms with Crippen LogP contribution in [0.1, 0.15) is 6.92 Å². The minimum Gasteiger partial charge on any atom is -0.465 e. The second-order valence-corrected chi connectivity index (χ2v) is 8.04. The molecule has 0 unspecified atom stereocenters. The molecule has 0 amide bonds. The van der Waals surface area contributed by atoms with Crippen LogP contribution in [-0.4, -0.2) is 26.7 Å². The van der Waals surface area contributed by atoms with Gasteiger partial charge < -0.3 is 10.1 Å². The van der Waals surface area contributed by atoms with Crippen molar-refractivity contribution in [2.24, 2.45) is 0 Å². The Kier molecular flexibility index (Phi) is 7.46. The number of carbonyl (C=O) groups is 1. The molecule has 0 radical (unpaired) electrons. The lowest BCUT2D eigenvalue weighted by Crippen LogP contribution is -2.13. The number of allylic oxidation sites excluding steroid dienone is 1. The number of ether oxygens (including phenoxy) is 1. The van der Waals surface area contributed by atoms with Crippen LogP contribution in [0, 0.1) is 11.3 Å². The summed E-state index contributed by atoms with van der Waals surface area (Å²) in [7, 11) is -4.05. The van der Waals surface area contributed by atoms with E-state index in [0.717, 1.165) is 11.8 Å². The Balaban J connectivity index is 2.46. The highest BCUT2D eigenvalue weighted by atomic mass is 32.2. The molecule has 0 saturated heterocycles. The molecule has 0 spiro atoms. The molecule has 27 heavy (non-hydrogen) atoms. The van der Waals surface area contributed by atoms with E-state index in [2.05, 4.69) is 5.32 Å². The summed E-state index contributed by atoms with van der Waals surface area (Å²) in [5, 5.41) is 12.6. The van der Waals surface area contributed by atoms with Crippen molar-refractivity contribution in [2.45, 2.75) is 11.8 Å². The van der Waals surface area contributed by atoms with Crippen molar-refractivity contribution in [1.29, 1.82) is 5.26 Å². The number of thioether (sulfide) groups is 1. The maximum Gasteiger partial charge on any atom is 0.316 e. The third kappa shape index (κ3) is 5.61. The number of nitriles is 1. The third-order valence-corrected chi connectivity index (χ3v) is 6.13. The molecular weight excluding hydrogens is 384 g/mol.